The van der Waals surface area contributed by atoms with E-state index in [9.17, 15) is 14.4 Å². The Morgan fingerprint density at radius 1 is 1.35 bits per heavy atom. The van der Waals surface area contributed by atoms with Crippen LogP contribution >= 0.6 is 23.4 Å². The Hall–Kier alpha value is -2.56. The summed E-state index contributed by atoms with van der Waals surface area (Å²) >= 11 is 7.81. The second kappa shape index (κ2) is 10.3. The van der Waals surface area contributed by atoms with E-state index < -0.39 is 28.7 Å². The number of hydrogen-bond acceptors (Lipinski definition) is 8. The van der Waals surface area contributed by atoms with Crippen LogP contribution in [0.5, 0.6) is 0 Å². The molecule has 2 amide bonds. The third-order valence-corrected chi connectivity index (χ3v) is 9.24. The van der Waals surface area contributed by atoms with Gasteiger partial charge >= 0.3 is 5.97 Å². The Bertz CT molecular complexity index is 1210. The third-order valence-electron chi connectivity index (χ3n) is 7.34. The van der Waals surface area contributed by atoms with Crippen LogP contribution in [0.2, 0.25) is 5.02 Å². The van der Waals surface area contributed by atoms with Crippen molar-refractivity contribution in [2.45, 2.75) is 62.2 Å². The Balaban J connectivity index is 1.25. The summed E-state index contributed by atoms with van der Waals surface area (Å²) in [7, 11) is 0. The number of benzene rings is 1. The quantitative estimate of drug-likeness (QED) is 0.401. The van der Waals surface area contributed by atoms with Gasteiger partial charge in [0.15, 0.2) is 0 Å². The van der Waals surface area contributed by atoms with Gasteiger partial charge < -0.3 is 24.8 Å². The fourth-order valence-corrected chi connectivity index (χ4v) is 7.24. The SMILES string of the molecule is Cc1onc(-c2ccccc2Cl)c1C(=O)N[C@@H]1C(=O)N2[C@@H]1SC(C)(C)[C@@H]2C(=O)OCCC1CCCNC1. The Morgan fingerprint density at radius 3 is 2.86 bits per heavy atom. The number of esters is 1. The summed E-state index contributed by atoms with van der Waals surface area (Å²) < 4.78 is 10.4. The number of thioether (sulfide) groups is 1. The number of β-lactam (4-membered cyclic amide) rings is 1. The van der Waals surface area contributed by atoms with Crippen LogP contribution in [0.1, 0.15) is 49.2 Å². The molecule has 37 heavy (non-hydrogen) atoms. The van der Waals surface area contributed by atoms with Crippen LogP contribution in [0.25, 0.3) is 11.3 Å². The molecule has 198 valence electrons. The molecule has 9 nitrogen and oxygen atoms in total. The van der Waals surface area contributed by atoms with Crippen molar-refractivity contribution in [2.75, 3.05) is 19.7 Å². The number of carbonyl (C=O) groups excluding carboxylic acids is 3. The van der Waals surface area contributed by atoms with Crippen molar-refractivity contribution in [3.05, 3.63) is 40.6 Å². The zero-order chi connectivity index (χ0) is 26.3. The Kier molecular flexibility index (Phi) is 7.26. The molecule has 5 rings (SSSR count). The summed E-state index contributed by atoms with van der Waals surface area (Å²) in [5.41, 5.74) is 1.11. The summed E-state index contributed by atoms with van der Waals surface area (Å²) in [6, 6.07) is 5.57. The van der Waals surface area contributed by atoms with Gasteiger partial charge in [-0.3, -0.25) is 9.59 Å². The first kappa shape index (κ1) is 26.1. The van der Waals surface area contributed by atoms with Gasteiger partial charge in [0, 0.05) is 10.3 Å². The number of amides is 2. The van der Waals surface area contributed by atoms with Gasteiger partial charge in [0.05, 0.1) is 11.6 Å². The molecule has 11 heteroatoms. The Labute approximate surface area is 225 Å². The standard InChI is InChI=1S/C26H31ClN4O5S/c1-14-18(19(30-36-14)16-8-4-5-9-17(16)27)22(32)29-20-23(33)31-21(26(2,3)37-24(20)31)25(34)35-12-10-15-7-6-11-28-13-15/h4-5,8-9,15,20-21,24,28H,6-7,10-13H2,1-3H3,(H,29,32)/t15?,20-,21+,24-/m1/s1. The molecule has 0 radical (unpaired) electrons. The molecule has 4 heterocycles. The van der Waals surface area contributed by atoms with Gasteiger partial charge in [-0.1, -0.05) is 35.0 Å². The van der Waals surface area contributed by atoms with Crippen LogP contribution in [0.3, 0.4) is 0 Å². The number of rotatable bonds is 7. The lowest BCUT2D eigenvalue weighted by Crippen LogP contribution is -2.70. The molecule has 3 aliphatic rings. The van der Waals surface area contributed by atoms with Crippen molar-refractivity contribution in [1.29, 1.82) is 0 Å². The smallest absolute Gasteiger partial charge is 0.330 e. The number of aryl methyl sites for hydroxylation is 1. The highest BCUT2D eigenvalue weighted by atomic mass is 35.5. The number of carbonyl (C=O) groups is 3. The van der Waals surface area contributed by atoms with Crippen LogP contribution < -0.4 is 10.6 Å². The highest BCUT2D eigenvalue weighted by Gasteiger charge is 2.64. The van der Waals surface area contributed by atoms with Gasteiger partial charge in [-0.2, -0.15) is 0 Å². The lowest BCUT2D eigenvalue weighted by Gasteiger charge is -2.43. The van der Waals surface area contributed by atoms with Crippen LogP contribution in [-0.4, -0.2) is 69.7 Å². The normalized spacial score (nSPS) is 26.4. The molecule has 0 spiro atoms. The topological polar surface area (TPSA) is 114 Å². The first-order chi connectivity index (χ1) is 17.7. The van der Waals surface area contributed by atoms with Crippen molar-refractivity contribution in [1.82, 2.24) is 20.7 Å². The summed E-state index contributed by atoms with van der Waals surface area (Å²) in [6.07, 6.45) is 3.07. The fourth-order valence-electron chi connectivity index (χ4n) is 5.39. The number of ether oxygens (including phenoxy) is 1. The first-order valence-corrected chi connectivity index (χ1v) is 13.8. The van der Waals surface area contributed by atoms with Crippen molar-refractivity contribution >= 4 is 41.1 Å². The van der Waals surface area contributed by atoms with Crippen molar-refractivity contribution in [2.24, 2.45) is 5.92 Å². The number of halogens is 1. The molecule has 1 aromatic heterocycles. The van der Waals surface area contributed by atoms with Crippen LogP contribution in [0, 0.1) is 12.8 Å². The minimum atomic E-state index is -0.767. The molecule has 1 aromatic carbocycles. The van der Waals surface area contributed by atoms with Gasteiger partial charge in [-0.15, -0.1) is 11.8 Å². The zero-order valence-corrected chi connectivity index (χ0v) is 22.7. The van der Waals surface area contributed by atoms with E-state index >= 15 is 0 Å². The van der Waals surface area contributed by atoms with Gasteiger partial charge in [-0.25, -0.2) is 4.79 Å². The van der Waals surface area contributed by atoms with Crippen LogP contribution in [0.4, 0.5) is 0 Å². The minimum Gasteiger partial charge on any atom is -0.464 e. The number of nitrogens with one attached hydrogen (secondary N) is 2. The van der Waals surface area contributed by atoms with Gasteiger partial charge in [0.1, 0.15) is 34.5 Å². The number of aromatic nitrogens is 1. The second-order valence-corrected chi connectivity index (χ2v) is 12.5. The molecule has 3 aliphatic heterocycles. The zero-order valence-electron chi connectivity index (χ0n) is 21.1. The highest BCUT2D eigenvalue weighted by Crippen LogP contribution is 2.51. The van der Waals surface area contributed by atoms with E-state index in [0.717, 1.165) is 32.4 Å². The van der Waals surface area contributed by atoms with E-state index in [1.165, 1.54) is 11.8 Å². The molecule has 0 saturated carbocycles. The highest BCUT2D eigenvalue weighted by molar-refractivity contribution is 8.01. The molecule has 2 aromatic rings. The lowest BCUT2D eigenvalue weighted by molar-refractivity contribution is -0.163. The number of hydrogen-bond donors (Lipinski definition) is 2. The van der Waals surface area contributed by atoms with E-state index in [1.54, 1.807) is 36.1 Å². The van der Waals surface area contributed by atoms with Crippen molar-refractivity contribution in [3.63, 3.8) is 0 Å². The van der Waals surface area contributed by atoms with E-state index in [2.05, 4.69) is 15.8 Å². The van der Waals surface area contributed by atoms with Gasteiger partial charge in [0.25, 0.3) is 5.91 Å². The molecule has 1 unspecified atom stereocenters. The largest absolute Gasteiger partial charge is 0.464 e. The van der Waals surface area contributed by atoms with Gasteiger partial charge in [-0.05, 0) is 65.1 Å². The molecule has 3 fully saturated rings. The number of piperidine rings is 1. The summed E-state index contributed by atoms with van der Waals surface area (Å²) in [5, 5.41) is 10.3. The van der Waals surface area contributed by atoms with Gasteiger partial charge in [0.2, 0.25) is 5.91 Å². The van der Waals surface area contributed by atoms with E-state index in [0.29, 0.717) is 34.6 Å². The second-order valence-electron chi connectivity index (χ2n) is 10.3. The van der Waals surface area contributed by atoms with E-state index in [1.807, 2.05) is 13.8 Å². The monoisotopic (exact) mass is 546 g/mol. The van der Waals surface area contributed by atoms with Crippen LogP contribution in [0.15, 0.2) is 28.8 Å². The maximum Gasteiger partial charge on any atom is 0.330 e. The van der Waals surface area contributed by atoms with E-state index in [-0.39, 0.29) is 16.8 Å². The maximum absolute atomic E-state index is 13.3. The van der Waals surface area contributed by atoms with Crippen molar-refractivity contribution < 1.29 is 23.6 Å². The fraction of sp³-hybridized carbons (Fsp3) is 0.538. The van der Waals surface area contributed by atoms with Crippen LogP contribution in [-0.2, 0) is 14.3 Å². The minimum absolute atomic E-state index is 0.231. The number of nitrogens with zero attached hydrogens (tertiary/aromatic N) is 2. The Morgan fingerprint density at radius 2 is 2.14 bits per heavy atom. The average molecular weight is 547 g/mol. The van der Waals surface area contributed by atoms with E-state index in [4.69, 9.17) is 20.9 Å². The van der Waals surface area contributed by atoms with Crippen molar-refractivity contribution in [3.8, 4) is 11.3 Å². The molecule has 4 atom stereocenters. The predicted octanol–water partition coefficient (Wildman–Crippen LogP) is 3.40. The third kappa shape index (κ3) is 4.86. The molecule has 2 N–H and O–H groups in total. The molecular formula is C26H31ClN4O5S. The lowest BCUT2D eigenvalue weighted by atomic mass is 9.95. The molecule has 0 bridgehead atoms. The summed E-state index contributed by atoms with van der Waals surface area (Å²) in [5.74, 6) is -0.342. The first-order valence-electron chi connectivity index (χ1n) is 12.6. The summed E-state index contributed by atoms with van der Waals surface area (Å²) in [4.78, 5) is 41.1. The predicted molar refractivity (Wildman–Crippen MR) is 140 cm³/mol. The average Bonchev–Trinajstić information content (AvgIpc) is 3.38. The summed E-state index contributed by atoms with van der Waals surface area (Å²) in [6.45, 7) is 7.82. The molecular weight excluding hydrogens is 516 g/mol. The maximum atomic E-state index is 13.3. The molecule has 0 aliphatic carbocycles. The molecule has 3 saturated heterocycles. The number of fused-ring (bicyclic) bond motifs is 1.